The zero-order chi connectivity index (χ0) is 15.0. The third-order valence-electron chi connectivity index (χ3n) is 2.84. The lowest BCUT2D eigenvalue weighted by molar-refractivity contribution is 0.953. The lowest BCUT2D eigenvalue weighted by Crippen LogP contribution is -1.93. The first-order valence-electron chi connectivity index (χ1n) is 5.96. The molecule has 3 aromatic rings. The maximum absolute atomic E-state index is 6.12. The molecule has 9 heteroatoms. The molecule has 3 heterocycles. The van der Waals surface area contributed by atoms with Crippen LogP contribution in [0.3, 0.4) is 0 Å². The summed E-state index contributed by atoms with van der Waals surface area (Å²) in [7, 11) is 0. The minimum absolute atomic E-state index is 0.400. The number of nitrogens with zero attached hydrogens (tertiary/aromatic N) is 4. The van der Waals surface area contributed by atoms with Gasteiger partial charge in [0.15, 0.2) is 5.65 Å². The number of nitrogens with one attached hydrogen (secondary N) is 1. The van der Waals surface area contributed by atoms with Crippen LogP contribution in [-0.4, -0.2) is 25.4 Å². The first-order valence-corrected chi connectivity index (χ1v) is 7.70. The summed E-state index contributed by atoms with van der Waals surface area (Å²) in [6.45, 7) is 1.89. The Morgan fingerprint density at radius 3 is 2.86 bits per heavy atom. The molecular formula is C12H10Cl2N6S. The summed E-state index contributed by atoms with van der Waals surface area (Å²) in [6, 6.07) is 3.69. The summed E-state index contributed by atoms with van der Waals surface area (Å²) in [4.78, 5) is 9.11. The van der Waals surface area contributed by atoms with Crippen LogP contribution in [0.1, 0.15) is 11.1 Å². The fraction of sp³-hybridized carbons (Fsp3) is 0.167. The highest BCUT2D eigenvalue weighted by molar-refractivity contribution is 7.98. The Morgan fingerprint density at radius 1 is 1.24 bits per heavy atom. The molecule has 0 aliphatic heterocycles. The molecule has 0 aliphatic carbocycles. The molecule has 3 N–H and O–H groups in total. The quantitative estimate of drug-likeness (QED) is 0.561. The Labute approximate surface area is 134 Å². The first kappa shape index (κ1) is 14.4. The van der Waals surface area contributed by atoms with E-state index in [9.17, 15) is 0 Å². The van der Waals surface area contributed by atoms with E-state index in [0.717, 1.165) is 16.0 Å². The summed E-state index contributed by atoms with van der Waals surface area (Å²) in [6.07, 6.45) is 0. The van der Waals surface area contributed by atoms with Crippen LogP contribution in [0.15, 0.2) is 17.0 Å². The Hall–Kier alpha value is -1.57. The van der Waals surface area contributed by atoms with E-state index < -0.39 is 0 Å². The molecular weight excluding hydrogens is 331 g/mol. The molecule has 0 unspecified atom stereocenters. The molecule has 0 radical (unpaired) electrons. The number of aryl methyl sites for hydroxylation is 1. The van der Waals surface area contributed by atoms with Crippen molar-refractivity contribution in [3.63, 3.8) is 0 Å². The van der Waals surface area contributed by atoms with Crippen LogP contribution >= 0.6 is 35.0 Å². The molecule has 0 spiro atoms. The molecule has 3 aromatic heterocycles. The Balaban J connectivity index is 1.90. The van der Waals surface area contributed by atoms with Crippen LogP contribution < -0.4 is 5.73 Å². The van der Waals surface area contributed by atoms with E-state index in [1.807, 2.05) is 13.0 Å². The standard InChI is InChI=1S/C12H10Cl2N6S/c1-5-2-6(11(14)17-10(5)13)4-21-7-3-8(15)16-12-9(7)18-20-19-12/h2-3H,4H2,1H3,(H3,15,16,18,19,20). The van der Waals surface area contributed by atoms with E-state index in [-0.39, 0.29) is 0 Å². The highest BCUT2D eigenvalue weighted by Crippen LogP contribution is 2.31. The number of aromatic amines is 1. The SMILES string of the molecule is Cc1cc(CSc2cc(N)nc3[nH]nnc23)c(Cl)nc1Cl. The van der Waals surface area contributed by atoms with E-state index in [1.54, 1.807) is 17.8 Å². The smallest absolute Gasteiger partial charge is 0.179 e. The number of hydrogen-bond acceptors (Lipinski definition) is 6. The van der Waals surface area contributed by atoms with Gasteiger partial charge in [0.1, 0.15) is 21.6 Å². The highest BCUT2D eigenvalue weighted by Gasteiger charge is 2.11. The minimum atomic E-state index is 0.400. The van der Waals surface area contributed by atoms with Crippen molar-refractivity contribution in [3.8, 4) is 0 Å². The second-order valence-corrected chi connectivity index (χ2v) is 6.12. The van der Waals surface area contributed by atoms with E-state index in [0.29, 0.717) is 33.0 Å². The average molecular weight is 341 g/mol. The zero-order valence-corrected chi connectivity index (χ0v) is 13.2. The zero-order valence-electron chi connectivity index (χ0n) is 10.9. The number of thioether (sulfide) groups is 1. The number of pyridine rings is 2. The van der Waals surface area contributed by atoms with Crippen LogP contribution in [0.5, 0.6) is 0 Å². The summed E-state index contributed by atoms with van der Waals surface area (Å²) in [5.41, 5.74) is 8.80. The molecule has 0 aromatic carbocycles. The van der Waals surface area contributed by atoms with Crippen molar-refractivity contribution in [3.05, 3.63) is 33.6 Å². The van der Waals surface area contributed by atoms with E-state index in [2.05, 4.69) is 25.4 Å². The predicted molar refractivity (Wildman–Crippen MR) is 84.7 cm³/mol. The molecule has 6 nitrogen and oxygen atoms in total. The molecule has 0 amide bonds. The highest BCUT2D eigenvalue weighted by atomic mass is 35.5. The number of anilines is 1. The van der Waals surface area contributed by atoms with Gasteiger partial charge in [0.05, 0.1) is 0 Å². The Bertz CT molecular complexity index is 819. The molecule has 3 rings (SSSR count). The maximum atomic E-state index is 6.12. The molecule has 0 aliphatic rings. The van der Waals surface area contributed by atoms with Gasteiger partial charge in [-0.1, -0.05) is 28.4 Å². The first-order chi connectivity index (χ1) is 10.0. The fourth-order valence-electron chi connectivity index (χ4n) is 1.82. The number of H-pyrrole nitrogens is 1. The van der Waals surface area contributed by atoms with Gasteiger partial charge in [0.2, 0.25) is 0 Å². The second kappa shape index (κ2) is 5.67. The second-order valence-electron chi connectivity index (χ2n) is 4.39. The molecule has 21 heavy (non-hydrogen) atoms. The van der Waals surface area contributed by atoms with E-state index in [1.165, 1.54) is 0 Å². The molecule has 108 valence electrons. The van der Waals surface area contributed by atoms with Crippen molar-refractivity contribution < 1.29 is 0 Å². The summed E-state index contributed by atoms with van der Waals surface area (Å²) in [5.74, 6) is 1.03. The van der Waals surface area contributed by atoms with Crippen LogP contribution in [0.4, 0.5) is 5.82 Å². The van der Waals surface area contributed by atoms with Gasteiger partial charge < -0.3 is 5.73 Å². The topological polar surface area (TPSA) is 93.4 Å². The Morgan fingerprint density at radius 2 is 2.05 bits per heavy atom. The Kier molecular flexibility index (Phi) is 3.88. The van der Waals surface area contributed by atoms with Gasteiger partial charge in [-0.2, -0.15) is 0 Å². The van der Waals surface area contributed by atoms with Crippen LogP contribution in [-0.2, 0) is 5.75 Å². The normalized spacial score (nSPS) is 11.2. The van der Waals surface area contributed by atoms with Crippen molar-refractivity contribution in [1.82, 2.24) is 25.4 Å². The van der Waals surface area contributed by atoms with Gasteiger partial charge in [-0.25, -0.2) is 15.1 Å². The number of rotatable bonds is 3. The van der Waals surface area contributed by atoms with Crippen molar-refractivity contribution in [1.29, 1.82) is 0 Å². The van der Waals surface area contributed by atoms with Gasteiger partial charge in [-0.05, 0) is 24.6 Å². The fourth-order valence-corrected chi connectivity index (χ4v) is 3.30. The molecule has 0 saturated carbocycles. The number of aromatic nitrogens is 5. The van der Waals surface area contributed by atoms with Crippen molar-refractivity contribution >= 4 is 51.9 Å². The number of fused-ring (bicyclic) bond motifs is 1. The third kappa shape index (κ3) is 2.90. The largest absolute Gasteiger partial charge is 0.384 e. The van der Waals surface area contributed by atoms with Crippen LogP contribution in [0.2, 0.25) is 10.3 Å². The number of nitrogens with two attached hydrogens (primary N) is 1. The lowest BCUT2D eigenvalue weighted by atomic mass is 10.2. The summed E-state index contributed by atoms with van der Waals surface area (Å²) >= 11 is 13.6. The number of hydrogen-bond donors (Lipinski definition) is 2. The number of nitrogen functional groups attached to an aromatic ring is 1. The lowest BCUT2D eigenvalue weighted by Gasteiger charge is -2.07. The summed E-state index contributed by atoms with van der Waals surface area (Å²) in [5, 5.41) is 11.3. The van der Waals surface area contributed by atoms with Gasteiger partial charge in [0.25, 0.3) is 0 Å². The van der Waals surface area contributed by atoms with E-state index >= 15 is 0 Å². The third-order valence-corrected chi connectivity index (χ3v) is 4.63. The van der Waals surface area contributed by atoms with Crippen molar-refractivity contribution in [2.24, 2.45) is 0 Å². The van der Waals surface area contributed by atoms with Gasteiger partial charge in [-0.3, -0.25) is 0 Å². The van der Waals surface area contributed by atoms with Crippen molar-refractivity contribution in [2.75, 3.05) is 5.73 Å². The monoisotopic (exact) mass is 340 g/mol. The molecule has 0 saturated heterocycles. The van der Waals surface area contributed by atoms with E-state index in [4.69, 9.17) is 28.9 Å². The number of halogens is 2. The van der Waals surface area contributed by atoms with Crippen LogP contribution in [0.25, 0.3) is 11.2 Å². The molecule has 0 bridgehead atoms. The van der Waals surface area contributed by atoms with Gasteiger partial charge in [0, 0.05) is 16.2 Å². The molecule has 0 atom stereocenters. The minimum Gasteiger partial charge on any atom is -0.384 e. The average Bonchev–Trinajstić information content (AvgIpc) is 2.89. The van der Waals surface area contributed by atoms with Crippen LogP contribution in [0, 0.1) is 6.92 Å². The maximum Gasteiger partial charge on any atom is 0.179 e. The van der Waals surface area contributed by atoms with Gasteiger partial charge >= 0.3 is 0 Å². The summed E-state index contributed by atoms with van der Waals surface area (Å²) < 4.78 is 0. The molecule has 0 fully saturated rings. The van der Waals surface area contributed by atoms with Gasteiger partial charge in [-0.15, -0.1) is 16.9 Å². The van der Waals surface area contributed by atoms with Crippen molar-refractivity contribution in [2.45, 2.75) is 17.6 Å². The predicted octanol–water partition coefficient (Wildman–Crippen LogP) is 3.24.